The lowest BCUT2D eigenvalue weighted by molar-refractivity contribution is -0.139. The fourth-order valence-corrected chi connectivity index (χ4v) is 0.591. The average Bonchev–Trinajstić information content (AvgIpc) is 1.98. The maximum absolute atomic E-state index is 10.8. The van der Waals surface area contributed by atoms with Crippen molar-refractivity contribution in [1.29, 1.82) is 0 Å². The first-order valence-electron chi connectivity index (χ1n) is 3.44. The number of nitrogens with one attached hydrogen (secondary N) is 1. The molecule has 0 aliphatic carbocycles. The third-order valence-corrected chi connectivity index (χ3v) is 1.14. The summed E-state index contributed by atoms with van der Waals surface area (Å²) in [5.41, 5.74) is 5.18. The topological polar surface area (TPSA) is 113 Å². The van der Waals surface area contributed by atoms with Crippen LogP contribution in [-0.4, -0.2) is 41.3 Å². The van der Waals surface area contributed by atoms with Gasteiger partial charge in [0.1, 0.15) is 0 Å². The van der Waals surface area contributed by atoms with Gasteiger partial charge in [-0.1, -0.05) is 0 Å². The highest BCUT2D eigenvalue weighted by Gasteiger charge is 2.15. The van der Waals surface area contributed by atoms with Gasteiger partial charge in [-0.25, -0.2) is 0 Å². The standard InChI is InChI=1S/C6H12N2O4/c7-4(3-5(10)11)6(12)8-1-2-9/h4,9H,1-3,7H2,(H,8,12)(H,10,11)/t4-/m1/s1. The SMILES string of the molecule is N[C@H](CC(=O)O)C(=O)NCCO. The van der Waals surface area contributed by atoms with Gasteiger partial charge < -0.3 is 21.3 Å². The summed E-state index contributed by atoms with van der Waals surface area (Å²) >= 11 is 0. The van der Waals surface area contributed by atoms with Crippen LogP contribution in [0.5, 0.6) is 0 Å². The molecule has 0 radical (unpaired) electrons. The average molecular weight is 176 g/mol. The molecule has 0 aliphatic rings. The van der Waals surface area contributed by atoms with Crippen LogP contribution in [0.2, 0.25) is 0 Å². The molecule has 0 unspecified atom stereocenters. The third-order valence-electron chi connectivity index (χ3n) is 1.14. The van der Waals surface area contributed by atoms with Crippen LogP contribution in [0.15, 0.2) is 0 Å². The van der Waals surface area contributed by atoms with Crippen molar-refractivity contribution in [3.8, 4) is 0 Å². The van der Waals surface area contributed by atoms with E-state index in [1.807, 2.05) is 0 Å². The summed E-state index contributed by atoms with van der Waals surface area (Å²) < 4.78 is 0. The fourth-order valence-electron chi connectivity index (χ4n) is 0.591. The number of carboxylic acid groups (broad SMARTS) is 1. The second-order valence-electron chi connectivity index (χ2n) is 2.22. The van der Waals surface area contributed by atoms with Crippen molar-refractivity contribution < 1.29 is 19.8 Å². The molecule has 0 heterocycles. The summed E-state index contributed by atoms with van der Waals surface area (Å²) in [7, 11) is 0. The quantitative estimate of drug-likeness (QED) is 0.383. The van der Waals surface area contributed by atoms with Gasteiger partial charge in [-0.15, -0.1) is 0 Å². The van der Waals surface area contributed by atoms with Crippen molar-refractivity contribution in [1.82, 2.24) is 5.32 Å². The van der Waals surface area contributed by atoms with Gasteiger partial charge in [-0.2, -0.15) is 0 Å². The summed E-state index contributed by atoms with van der Waals surface area (Å²) in [6.45, 7) is -0.0995. The van der Waals surface area contributed by atoms with Crippen LogP contribution in [0.4, 0.5) is 0 Å². The van der Waals surface area contributed by atoms with Gasteiger partial charge in [0.2, 0.25) is 5.91 Å². The maximum Gasteiger partial charge on any atom is 0.305 e. The van der Waals surface area contributed by atoms with Gasteiger partial charge in [0.15, 0.2) is 0 Å². The minimum atomic E-state index is -1.12. The molecule has 5 N–H and O–H groups in total. The Morgan fingerprint density at radius 2 is 2.08 bits per heavy atom. The molecular formula is C6H12N2O4. The largest absolute Gasteiger partial charge is 0.481 e. The van der Waals surface area contributed by atoms with E-state index in [9.17, 15) is 9.59 Å². The lowest BCUT2D eigenvalue weighted by Crippen LogP contribution is -2.42. The van der Waals surface area contributed by atoms with Crippen molar-refractivity contribution in [2.24, 2.45) is 5.73 Å². The second-order valence-corrected chi connectivity index (χ2v) is 2.22. The predicted molar refractivity (Wildman–Crippen MR) is 40.3 cm³/mol. The van der Waals surface area contributed by atoms with E-state index in [2.05, 4.69) is 5.32 Å². The number of hydrogen-bond donors (Lipinski definition) is 4. The molecule has 0 spiro atoms. The summed E-state index contributed by atoms with van der Waals surface area (Å²) in [5, 5.41) is 18.8. The molecule has 0 fully saturated rings. The Kier molecular flexibility index (Phi) is 4.98. The Morgan fingerprint density at radius 1 is 1.50 bits per heavy atom. The number of carbonyl (C=O) groups is 2. The van der Waals surface area contributed by atoms with Gasteiger partial charge in [-0.3, -0.25) is 9.59 Å². The molecule has 0 rings (SSSR count). The molecule has 70 valence electrons. The zero-order chi connectivity index (χ0) is 9.56. The summed E-state index contributed by atoms with van der Waals surface area (Å²) in [4.78, 5) is 20.9. The number of aliphatic carboxylic acids is 1. The molecule has 0 aromatic carbocycles. The highest BCUT2D eigenvalue weighted by molar-refractivity contribution is 5.85. The minimum absolute atomic E-state index is 0.0894. The number of rotatable bonds is 5. The number of amides is 1. The molecule has 6 nitrogen and oxygen atoms in total. The van der Waals surface area contributed by atoms with E-state index in [0.29, 0.717) is 0 Å². The van der Waals surface area contributed by atoms with E-state index >= 15 is 0 Å². The molecule has 12 heavy (non-hydrogen) atoms. The van der Waals surface area contributed by atoms with Gasteiger partial charge in [-0.05, 0) is 0 Å². The highest BCUT2D eigenvalue weighted by Crippen LogP contribution is 1.87. The van der Waals surface area contributed by atoms with Gasteiger partial charge in [0.25, 0.3) is 0 Å². The molecule has 6 heteroatoms. The van der Waals surface area contributed by atoms with Gasteiger partial charge in [0, 0.05) is 6.54 Å². The molecule has 0 saturated heterocycles. The van der Waals surface area contributed by atoms with Crippen LogP contribution in [0.25, 0.3) is 0 Å². The smallest absolute Gasteiger partial charge is 0.305 e. The van der Waals surface area contributed by atoms with Crippen LogP contribution in [0, 0.1) is 0 Å². The van der Waals surface area contributed by atoms with Gasteiger partial charge in [0.05, 0.1) is 19.1 Å². The van der Waals surface area contributed by atoms with E-state index in [1.165, 1.54) is 0 Å². The number of carboxylic acids is 1. The monoisotopic (exact) mass is 176 g/mol. The Morgan fingerprint density at radius 3 is 2.50 bits per heavy atom. The van der Waals surface area contributed by atoms with E-state index < -0.39 is 24.3 Å². The first-order valence-corrected chi connectivity index (χ1v) is 3.44. The summed E-state index contributed by atoms with van der Waals surface area (Å²) in [6.07, 6.45) is -0.405. The molecule has 0 aromatic rings. The Balaban J connectivity index is 3.69. The Labute approximate surface area is 69.4 Å². The van der Waals surface area contributed by atoms with Crippen molar-refractivity contribution in [2.45, 2.75) is 12.5 Å². The number of aliphatic hydroxyl groups is 1. The molecular weight excluding hydrogens is 164 g/mol. The number of aliphatic hydroxyl groups excluding tert-OH is 1. The zero-order valence-electron chi connectivity index (χ0n) is 6.49. The minimum Gasteiger partial charge on any atom is -0.481 e. The van der Waals surface area contributed by atoms with E-state index in [4.69, 9.17) is 15.9 Å². The van der Waals surface area contributed by atoms with Crippen molar-refractivity contribution in [3.63, 3.8) is 0 Å². The molecule has 0 aromatic heterocycles. The molecule has 0 aliphatic heterocycles. The van der Waals surface area contributed by atoms with Crippen LogP contribution in [0.3, 0.4) is 0 Å². The number of carbonyl (C=O) groups excluding carboxylic acids is 1. The molecule has 0 bridgehead atoms. The van der Waals surface area contributed by atoms with Gasteiger partial charge >= 0.3 is 5.97 Å². The fraction of sp³-hybridized carbons (Fsp3) is 0.667. The van der Waals surface area contributed by atoms with Crippen molar-refractivity contribution >= 4 is 11.9 Å². The molecule has 1 amide bonds. The first-order chi connectivity index (χ1) is 5.57. The zero-order valence-corrected chi connectivity index (χ0v) is 6.49. The highest BCUT2D eigenvalue weighted by atomic mass is 16.4. The lowest BCUT2D eigenvalue weighted by Gasteiger charge is -2.08. The van der Waals surface area contributed by atoms with Crippen molar-refractivity contribution in [3.05, 3.63) is 0 Å². The van der Waals surface area contributed by atoms with E-state index in [0.717, 1.165) is 0 Å². The predicted octanol–water partition coefficient (Wildman–Crippen LogP) is -2.10. The second kappa shape index (κ2) is 5.50. The van der Waals surface area contributed by atoms with E-state index in [-0.39, 0.29) is 13.2 Å². The van der Waals surface area contributed by atoms with Crippen LogP contribution < -0.4 is 11.1 Å². The third kappa shape index (κ3) is 4.64. The van der Waals surface area contributed by atoms with Crippen molar-refractivity contribution in [2.75, 3.05) is 13.2 Å². The Bertz CT molecular complexity index is 171. The molecule has 1 atom stereocenters. The number of nitrogens with two attached hydrogens (primary N) is 1. The number of hydrogen-bond acceptors (Lipinski definition) is 4. The normalized spacial score (nSPS) is 12.2. The van der Waals surface area contributed by atoms with Crippen LogP contribution >= 0.6 is 0 Å². The van der Waals surface area contributed by atoms with Crippen LogP contribution in [-0.2, 0) is 9.59 Å². The summed E-state index contributed by atoms with van der Waals surface area (Å²) in [5.74, 6) is -1.69. The van der Waals surface area contributed by atoms with Crippen LogP contribution in [0.1, 0.15) is 6.42 Å². The Hall–Kier alpha value is -1.14. The first kappa shape index (κ1) is 10.9. The lowest BCUT2D eigenvalue weighted by atomic mass is 10.2. The maximum atomic E-state index is 10.8. The molecule has 0 saturated carbocycles. The van der Waals surface area contributed by atoms with E-state index in [1.54, 1.807) is 0 Å². The summed E-state index contributed by atoms with van der Waals surface area (Å²) in [6, 6.07) is -1.05.